The van der Waals surface area contributed by atoms with E-state index in [9.17, 15) is 5.11 Å². The average Bonchev–Trinajstić information content (AvgIpc) is 2.34. The first-order chi connectivity index (χ1) is 4.72. The lowest BCUT2D eigenvalue weighted by Crippen LogP contribution is -2.13. The number of rotatable bonds is 0. The summed E-state index contributed by atoms with van der Waals surface area (Å²) in [6, 6.07) is 0. The van der Waals surface area contributed by atoms with Crippen LogP contribution in [-0.4, -0.2) is 11.2 Å². The van der Waals surface area contributed by atoms with Crippen molar-refractivity contribution in [3.8, 4) is 0 Å². The Morgan fingerprint density at radius 1 is 1.10 bits per heavy atom. The first-order valence-corrected chi connectivity index (χ1v) is 4.07. The second-order valence-electron chi connectivity index (χ2n) is 3.65. The molecule has 1 N–H and O–H groups in total. The normalized spacial score (nSPS) is 45.3. The fourth-order valence-electron chi connectivity index (χ4n) is 2.51. The number of aliphatic hydroxyl groups excluding tert-OH is 1. The summed E-state index contributed by atoms with van der Waals surface area (Å²) in [6.07, 6.45) is 2.41. The van der Waals surface area contributed by atoms with Crippen LogP contribution in [0.25, 0.3) is 0 Å². The summed E-state index contributed by atoms with van der Waals surface area (Å²) in [7, 11) is 0. The molecule has 1 heteroatoms. The van der Waals surface area contributed by atoms with Crippen LogP contribution in [0.2, 0.25) is 0 Å². The molecule has 0 heterocycles. The minimum Gasteiger partial charge on any atom is -0.392 e. The monoisotopic (exact) mass is 138 g/mol. The summed E-state index contributed by atoms with van der Waals surface area (Å²) in [4.78, 5) is 0. The van der Waals surface area contributed by atoms with E-state index in [0.717, 1.165) is 0 Å². The minimum absolute atomic E-state index is 0.0278. The van der Waals surface area contributed by atoms with Gasteiger partial charge in [0.25, 0.3) is 0 Å². The molecule has 10 heavy (non-hydrogen) atoms. The molecule has 2 bridgehead atoms. The van der Waals surface area contributed by atoms with E-state index >= 15 is 0 Å². The molecule has 1 nitrogen and oxygen atoms in total. The fourth-order valence-corrected chi connectivity index (χ4v) is 2.51. The molecule has 1 saturated carbocycles. The second kappa shape index (κ2) is 1.85. The van der Waals surface area contributed by atoms with E-state index in [0.29, 0.717) is 11.8 Å². The minimum atomic E-state index is -0.0278. The molecule has 2 aliphatic rings. The topological polar surface area (TPSA) is 20.2 Å². The first kappa shape index (κ1) is 6.41. The van der Waals surface area contributed by atoms with Gasteiger partial charge in [0.2, 0.25) is 0 Å². The van der Waals surface area contributed by atoms with E-state index < -0.39 is 0 Å². The Morgan fingerprint density at radius 3 is 1.70 bits per heavy atom. The number of aliphatic hydroxyl groups is 1. The van der Waals surface area contributed by atoms with Gasteiger partial charge in [-0.3, -0.25) is 0 Å². The zero-order valence-corrected chi connectivity index (χ0v) is 6.59. The molecule has 0 aromatic heterocycles. The van der Waals surface area contributed by atoms with Crippen LogP contribution < -0.4 is 0 Å². The number of hydrogen-bond acceptors (Lipinski definition) is 1. The molecule has 2 rings (SSSR count). The highest BCUT2D eigenvalue weighted by Crippen LogP contribution is 2.47. The van der Waals surface area contributed by atoms with E-state index in [-0.39, 0.29) is 6.10 Å². The third-order valence-corrected chi connectivity index (χ3v) is 3.35. The van der Waals surface area contributed by atoms with Crippen LogP contribution in [0.15, 0.2) is 11.1 Å². The van der Waals surface area contributed by atoms with Crippen molar-refractivity contribution in [1.29, 1.82) is 0 Å². The van der Waals surface area contributed by atoms with Crippen LogP contribution in [-0.2, 0) is 0 Å². The maximum atomic E-state index is 9.63. The highest BCUT2D eigenvalue weighted by Gasteiger charge is 2.42. The average molecular weight is 138 g/mol. The maximum absolute atomic E-state index is 9.63. The summed E-state index contributed by atoms with van der Waals surface area (Å²) >= 11 is 0. The summed E-state index contributed by atoms with van der Waals surface area (Å²) < 4.78 is 0. The quantitative estimate of drug-likeness (QED) is 0.505. The van der Waals surface area contributed by atoms with Crippen molar-refractivity contribution in [2.24, 2.45) is 11.8 Å². The van der Waals surface area contributed by atoms with Crippen LogP contribution >= 0.6 is 0 Å². The molecule has 0 saturated heterocycles. The molecular weight excluding hydrogens is 124 g/mol. The van der Waals surface area contributed by atoms with Crippen molar-refractivity contribution >= 4 is 0 Å². The molecule has 2 aliphatic carbocycles. The lowest BCUT2D eigenvalue weighted by Gasteiger charge is -2.11. The van der Waals surface area contributed by atoms with Crippen LogP contribution in [0.1, 0.15) is 26.7 Å². The highest BCUT2D eigenvalue weighted by molar-refractivity contribution is 5.29. The molecule has 1 fully saturated rings. The number of hydrogen-bond donors (Lipinski definition) is 1. The zero-order valence-electron chi connectivity index (χ0n) is 6.59. The van der Waals surface area contributed by atoms with Crippen molar-refractivity contribution in [2.75, 3.05) is 0 Å². The molecule has 0 radical (unpaired) electrons. The third kappa shape index (κ3) is 0.567. The summed E-state index contributed by atoms with van der Waals surface area (Å²) in [5.74, 6) is 1.04. The van der Waals surface area contributed by atoms with Gasteiger partial charge in [0.05, 0.1) is 6.10 Å². The predicted octanol–water partition coefficient (Wildman–Crippen LogP) is 1.72. The molecule has 56 valence electrons. The number of fused-ring (bicyclic) bond motifs is 2. The SMILES string of the molecule is CC1=C(C)C2CCC1C2O. The highest BCUT2D eigenvalue weighted by atomic mass is 16.3. The van der Waals surface area contributed by atoms with Crippen molar-refractivity contribution in [3.05, 3.63) is 11.1 Å². The molecule has 0 aromatic carbocycles. The van der Waals surface area contributed by atoms with Gasteiger partial charge in [-0.1, -0.05) is 11.1 Å². The van der Waals surface area contributed by atoms with E-state index in [4.69, 9.17) is 0 Å². The summed E-state index contributed by atoms with van der Waals surface area (Å²) in [5.41, 5.74) is 2.92. The van der Waals surface area contributed by atoms with E-state index in [1.807, 2.05) is 0 Å². The lowest BCUT2D eigenvalue weighted by molar-refractivity contribution is 0.132. The van der Waals surface area contributed by atoms with Gasteiger partial charge in [0.15, 0.2) is 0 Å². The first-order valence-electron chi connectivity index (χ1n) is 4.07. The van der Waals surface area contributed by atoms with Gasteiger partial charge >= 0.3 is 0 Å². The van der Waals surface area contributed by atoms with Crippen molar-refractivity contribution < 1.29 is 5.11 Å². The molecule has 0 aliphatic heterocycles. The fraction of sp³-hybridized carbons (Fsp3) is 0.778. The predicted molar refractivity (Wildman–Crippen MR) is 40.6 cm³/mol. The lowest BCUT2D eigenvalue weighted by atomic mass is 9.94. The van der Waals surface area contributed by atoms with E-state index in [2.05, 4.69) is 13.8 Å². The molecule has 0 amide bonds. The van der Waals surface area contributed by atoms with Crippen LogP contribution in [0, 0.1) is 11.8 Å². The van der Waals surface area contributed by atoms with Crippen molar-refractivity contribution in [1.82, 2.24) is 0 Å². The Hall–Kier alpha value is -0.300. The largest absolute Gasteiger partial charge is 0.392 e. The van der Waals surface area contributed by atoms with Gasteiger partial charge in [-0.05, 0) is 26.7 Å². The Morgan fingerprint density at radius 2 is 1.50 bits per heavy atom. The smallest absolute Gasteiger partial charge is 0.0670 e. The molecular formula is C9H14O. The van der Waals surface area contributed by atoms with Gasteiger partial charge in [0.1, 0.15) is 0 Å². The van der Waals surface area contributed by atoms with E-state index in [1.165, 1.54) is 24.0 Å². The van der Waals surface area contributed by atoms with Gasteiger partial charge in [-0.2, -0.15) is 0 Å². The standard InChI is InChI=1S/C9H14O/c1-5-6(2)8-4-3-7(5)9(8)10/h7-10H,3-4H2,1-2H3. The van der Waals surface area contributed by atoms with Crippen LogP contribution in [0.3, 0.4) is 0 Å². The third-order valence-electron chi connectivity index (χ3n) is 3.35. The second-order valence-corrected chi connectivity index (χ2v) is 3.65. The summed E-state index contributed by atoms with van der Waals surface area (Å²) in [6.45, 7) is 4.34. The molecule has 0 spiro atoms. The van der Waals surface area contributed by atoms with Crippen LogP contribution in [0.5, 0.6) is 0 Å². The van der Waals surface area contributed by atoms with Gasteiger partial charge < -0.3 is 5.11 Å². The van der Waals surface area contributed by atoms with Crippen molar-refractivity contribution in [2.45, 2.75) is 32.8 Å². The maximum Gasteiger partial charge on any atom is 0.0670 e. The Labute approximate surface area is 61.8 Å². The van der Waals surface area contributed by atoms with Crippen molar-refractivity contribution in [3.63, 3.8) is 0 Å². The molecule has 2 unspecified atom stereocenters. The van der Waals surface area contributed by atoms with Gasteiger partial charge in [0, 0.05) is 11.8 Å². The van der Waals surface area contributed by atoms with Crippen LogP contribution in [0.4, 0.5) is 0 Å². The van der Waals surface area contributed by atoms with E-state index in [1.54, 1.807) is 0 Å². The Kier molecular flexibility index (Phi) is 1.19. The van der Waals surface area contributed by atoms with Gasteiger partial charge in [-0.15, -0.1) is 0 Å². The Bertz CT molecular complexity index is 173. The molecule has 2 atom stereocenters. The Balaban J connectivity index is 2.37. The zero-order chi connectivity index (χ0) is 7.30. The van der Waals surface area contributed by atoms with Gasteiger partial charge in [-0.25, -0.2) is 0 Å². The summed E-state index contributed by atoms with van der Waals surface area (Å²) in [5, 5.41) is 9.63. The molecule has 0 aromatic rings.